The van der Waals surface area contributed by atoms with Crippen LogP contribution in [-0.2, 0) is 27.1 Å². The van der Waals surface area contributed by atoms with Crippen molar-refractivity contribution in [2.45, 2.75) is 156 Å². The molecule has 16 aromatic carbocycles. The van der Waals surface area contributed by atoms with Gasteiger partial charge in [-0.25, -0.2) is 0 Å². The van der Waals surface area contributed by atoms with E-state index in [1.165, 1.54) is 105 Å². The minimum atomic E-state index is -1.60. The Bertz CT molecular complexity index is 7050. The van der Waals surface area contributed by atoms with Gasteiger partial charge in [-0.05, 0) is 221 Å². The zero-order valence-corrected chi connectivity index (χ0v) is 83.6. The average Bonchev–Trinajstić information content (AvgIpc) is 1.50. The lowest BCUT2D eigenvalue weighted by molar-refractivity contribution is 0.590. The summed E-state index contributed by atoms with van der Waals surface area (Å²) in [5.41, 5.74) is 33.0. The van der Waals surface area contributed by atoms with Crippen molar-refractivity contribution in [2.24, 2.45) is 0 Å². The predicted molar refractivity (Wildman–Crippen MR) is 574 cm³/mol. The Balaban J connectivity index is 0.000000165. The minimum absolute atomic E-state index is 0. The van der Waals surface area contributed by atoms with E-state index >= 15 is 0 Å². The molecule has 10 heteroatoms. The van der Waals surface area contributed by atoms with E-state index in [1.807, 2.05) is 6.07 Å². The highest BCUT2D eigenvalue weighted by molar-refractivity contribution is 9.11. The van der Waals surface area contributed by atoms with Crippen molar-refractivity contribution >= 4 is 161 Å². The van der Waals surface area contributed by atoms with E-state index in [-0.39, 0.29) is 23.7 Å². The first-order valence-electron chi connectivity index (χ1n) is 45.5. The van der Waals surface area contributed by atoms with Crippen LogP contribution in [0.25, 0.3) is 77.3 Å². The molecule has 3 aliphatic rings. The quantitative estimate of drug-likeness (QED) is 0.117. The molecule has 130 heavy (non-hydrogen) atoms. The molecule has 0 atom stereocenters. The second-order valence-corrected chi connectivity index (χ2v) is 58.6. The maximum absolute atomic E-state index is 7.37. The van der Waals surface area contributed by atoms with Gasteiger partial charge in [0, 0.05) is 76.0 Å². The molecule has 1 spiro atoms. The van der Waals surface area contributed by atoms with Gasteiger partial charge in [-0.1, -0.05) is 407 Å². The first kappa shape index (κ1) is 88.8. The number of halogens is 2. The van der Waals surface area contributed by atoms with Crippen molar-refractivity contribution in [3.8, 4) is 33.4 Å². The summed E-state index contributed by atoms with van der Waals surface area (Å²) < 4.78 is 16.1. The molecule has 2 aromatic heterocycles. The largest absolute Gasteiger partial charge is 0.455 e. The maximum Gasteiger partial charge on any atom is 0.145 e. The van der Waals surface area contributed by atoms with E-state index in [2.05, 4.69) is 514 Å². The van der Waals surface area contributed by atoms with E-state index in [1.54, 1.807) is 0 Å². The van der Waals surface area contributed by atoms with Crippen molar-refractivity contribution in [2.75, 3.05) is 15.1 Å². The molecule has 1 N–H and O–H groups in total. The van der Waals surface area contributed by atoms with Gasteiger partial charge in [-0.3, -0.25) is 0 Å². The number of rotatable bonds is 13. The summed E-state index contributed by atoms with van der Waals surface area (Å²) in [4.78, 5) is 4.95. The molecule has 650 valence electrons. The average molecular weight is 1880 g/mol. The fourth-order valence-corrected chi connectivity index (χ4v) is 24.6. The Morgan fingerprint density at radius 3 is 1.08 bits per heavy atom. The van der Waals surface area contributed by atoms with Crippen LogP contribution in [0, 0.1) is 0 Å². The number of nitrogens with zero attached hydrogens (tertiary/aromatic N) is 2. The molecule has 0 saturated heterocycles. The highest BCUT2D eigenvalue weighted by Gasteiger charge is 2.54. The van der Waals surface area contributed by atoms with Gasteiger partial charge in [0.1, 0.15) is 22.3 Å². The summed E-state index contributed by atoms with van der Waals surface area (Å²) in [5.74, 6) is 0. The maximum atomic E-state index is 7.37. The Morgan fingerprint density at radius 2 is 0.638 bits per heavy atom. The van der Waals surface area contributed by atoms with Crippen molar-refractivity contribution in [3.63, 3.8) is 0 Å². The minimum Gasteiger partial charge on any atom is -0.455 e. The zero-order chi connectivity index (χ0) is 90.2. The summed E-state index contributed by atoms with van der Waals surface area (Å²) in [6, 6.07) is 131. The lowest BCUT2D eigenvalue weighted by atomic mass is 9.67. The normalized spacial score (nSPS) is 13.4. The van der Waals surface area contributed by atoms with Crippen LogP contribution in [0.3, 0.4) is 0 Å². The Hall–Kier alpha value is -11.9. The summed E-state index contributed by atoms with van der Waals surface area (Å²) >= 11 is 7.73. The van der Waals surface area contributed by atoms with Crippen LogP contribution in [0.15, 0.2) is 370 Å². The van der Waals surface area contributed by atoms with Gasteiger partial charge >= 0.3 is 0 Å². The fourth-order valence-electron chi connectivity index (χ4n) is 20.1. The number of hydrogen-bond donors (Lipinski definition) is 1. The third-order valence-corrected chi connectivity index (χ3v) is 34.3. The first-order valence-corrected chi connectivity index (χ1v) is 57.6. The van der Waals surface area contributed by atoms with Gasteiger partial charge in [0.05, 0.1) is 46.1 Å². The van der Waals surface area contributed by atoms with Crippen molar-refractivity contribution in [1.82, 2.24) is 0 Å². The molecule has 0 unspecified atom stereocenters. The third-order valence-electron chi connectivity index (χ3n) is 27.0. The van der Waals surface area contributed by atoms with Gasteiger partial charge in [0.25, 0.3) is 0 Å². The molecule has 0 bridgehead atoms. The summed E-state index contributed by atoms with van der Waals surface area (Å²) in [6.07, 6.45) is 0. The number of para-hydroxylation sites is 2. The van der Waals surface area contributed by atoms with Crippen LogP contribution in [0.2, 0.25) is 58.9 Å². The standard InChI is InChI=1S/C69H70N2OSi2.C31H16Br2O.C19H27NSi.CH4/c1-67(2,3)47-27-31-51(32-28-47)70(52-35-40-56(41-36-52)73(7,8)9)55-39-44-58-60(45-55)69(49-21-15-13-16-22-49,50-23-17-14-18-24-50)61-46-62(65-59-25-19-20-26-63(59)72-66(65)64(58)61)71(53-33-29-48(30-34-53)68(4,5)6)54-37-42-57(43-38-54)74(10,11)12;32-17-13-14-20-24(15-17)31(22-10-4-1-7-18(22)19-8-2-5-11-23(19)31)25-16-26(33)29-21-9-3-6-12-27(21)34-30(29)28(20)25;1-19(2,3)15-7-9-16(10-8-15)20-17-11-13-18(14-12-17)21(4,5)6;/h13-46H,1-12H3;1-16H;7-14,20H,1-6H3;1H4. The number of nitrogens with one attached hydrogen (secondary N) is 1. The number of benzene rings is 16. The Kier molecular flexibility index (Phi) is 22.9. The van der Waals surface area contributed by atoms with Gasteiger partial charge in [-0.2, -0.15) is 0 Å². The first-order chi connectivity index (χ1) is 61.6. The number of anilines is 8. The van der Waals surface area contributed by atoms with Gasteiger partial charge in [0.15, 0.2) is 0 Å². The van der Waals surface area contributed by atoms with Crippen LogP contribution in [-0.4, -0.2) is 24.2 Å². The molecule has 0 amide bonds. The molecule has 3 aliphatic carbocycles. The summed E-state index contributed by atoms with van der Waals surface area (Å²) in [6.45, 7) is 42.1. The molecule has 18 aromatic rings. The fraction of sp³-hybridized carbons (Fsp3) is 0.200. The van der Waals surface area contributed by atoms with Crippen LogP contribution in [0.4, 0.5) is 45.5 Å². The number of fused-ring (bicyclic) bond motifs is 21. The van der Waals surface area contributed by atoms with Crippen LogP contribution in [0.1, 0.15) is 131 Å². The van der Waals surface area contributed by atoms with Gasteiger partial charge in [-0.15, -0.1) is 0 Å². The third kappa shape index (κ3) is 15.6. The van der Waals surface area contributed by atoms with Crippen molar-refractivity contribution in [1.29, 1.82) is 0 Å². The van der Waals surface area contributed by atoms with E-state index in [0.717, 1.165) is 104 Å². The Morgan fingerprint density at radius 1 is 0.292 bits per heavy atom. The highest BCUT2D eigenvalue weighted by Crippen LogP contribution is 2.66. The van der Waals surface area contributed by atoms with E-state index in [9.17, 15) is 0 Å². The monoisotopic (exact) mass is 1870 g/mol. The van der Waals surface area contributed by atoms with E-state index in [4.69, 9.17) is 8.83 Å². The van der Waals surface area contributed by atoms with Crippen molar-refractivity contribution in [3.05, 3.63) is 422 Å². The molecule has 0 radical (unpaired) electrons. The second-order valence-electron chi connectivity index (χ2n) is 41.6. The predicted octanol–water partition coefficient (Wildman–Crippen LogP) is 33.9. The number of hydrogen-bond acceptors (Lipinski definition) is 5. The summed E-state index contributed by atoms with van der Waals surface area (Å²) in [5, 5.41) is 12.3. The molecule has 5 nitrogen and oxygen atoms in total. The summed E-state index contributed by atoms with van der Waals surface area (Å²) in [7, 11) is -4.37. The number of furan rings is 2. The van der Waals surface area contributed by atoms with Crippen LogP contribution >= 0.6 is 31.9 Å². The molecule has 21 rings (SSSR count). The smallest absolute Gasteiger partial charge is 0.145 e. The molecule has 0 fully saturated rings. The Labute approximate surface area is 789 Å². The highest BCUT2D eigenvalue weighted by atomic mass is 79.9. The van der Waals surface area contributed by atoms with Crippen LogP contribution in [0.5, 0.6) is 0 Å². The second kappa shape index (κ2) is 33.5. The molecule has 0 saturated carbocycles. The van der Waals surface area contributed by atoms with E-state index < -0.39 is 35.1 Å². The van der Waals surface area contributed by atoms with E-state index in [0.29, 0.717) is 0 Å². The van der Waals surface area contributed by atoms with Crippen LogP contribution < -0.4 is 30.7 Å². The van der Waals surface area contributed by atoms with Gasteiger partial charge < -0.3 is 24.0 Å². The molecular weight excluding hydrogens is 1760 g/mol. The molecular formula is C120H117Br2N3O2Si3. The van der Waals surface area contributed by atoms with Gasteiger partial charge in [0.2, 0.25) is 0 Å². The molecule has 0 aliphatic heterocycles. The lowest BCUT2D eigenvalue weighted by Crippen LogP contribution is -2.37. The molecule has 2 heterocycles. The zero-order valence-electron chi connectivity index (χ0n) is 77.5. The topological polar surface area (TPSA) is 44.8 Å². The SMILES string of the molecule is Brc1ccc2c(c1)C1(c3ccccc3-c3ccccc31)c1cc(Br)c3c(oc4ccccc43)c1-2.C.CC(C)(C)c1ccc(N(c2ccc([Si](C)(C)C)cc2)c2ccc3c(c2)C(c2ccccc2)(c2ccccc2)c2cc(N(c4ccc(C(C)(C)C)cc4)c4ccc([Si](C)(C)C)cc4)c4c(oc5ccccc54)c2-3)cc1.CC(C)(C)c1ccc(Nc2ccc([Si](C)(C)C)cc2)cc1. The lowest BCUT2D eigenvalue weighted by Gasteiger charge is -2.36. The van der Waals surface area contributed by atoms with Crippen molar-refractivity contribution < 1.29 is 8.83 Å².